The van der Waals surface area contributed by atoms with Crippen molar-refractivity contribution in [2.24, 2.45) is 0 Å². The maximum absolute atomic E-state index is 15.3. The fourth-order valence-corrected chi connectivity index (χ4v) is 20.7. The number of carbonyl (C=O) groups is 6. The van der Waals surface area contributed by atoms with Crippen LogP contribution in [0, 0.1) is 62.3 Å². The van der Waals surface area contributed by atoms with E-state index in [1.165, 1.54) is 0 Å². The van der Waals surface area contributed by atoms with Gasteiger partial charge < -0.3 is 23.3 Å². The van der Waals surface area contributed by atoms with Gasteiger partial charge in [0.05, 0.1) is 19.3 Å². The largest absolute Gasteiger partial charge is 0.461 e. The lowest BCUT2D eigenvalue weighted by molar-refractivity contribution is -0.146. The van der Waals surface area contributed by atoms with E-state index >= 15 is 9.13 Å². The van der Waals surface area contributed by atoms with Gasteiger partial charge in [-0.05, 0) is 140 Å². The monoisotopic (exact) mass is 1410 g/mol. The highest BCUT2D eigenvalue weighted by Crippen LogP contribution is 2.50. The summed E-state index contributed by atoms with van der Waals surface area (Å²) in [7, 11) is -9.44. The summed E-state index contributed by atoms with van der Waals surface area (Å²) in [5, 5.41) is 3.12. The molecule has 20 heteroatoms. The molecule has 1 heterocycles. The average Bonchev–Trinajstić information content (AvgIpc) is 0.773. The zero-order chi connectivity index (χ0) is 72.4. The van der Waals surface area contributed by atoms with Gasteiger partial charge in [-0.25, -0.2) is 28.1 Å². The lowest BCUT2D eigenvalue weighted by Crippen LogP contribution is -2.55. The molecule has 0 amide bonds. The molecule has 101 heavy (non-hydrogen) atoms. The van der Waals surface area contributed by atoms with E-state index in [4.69, 9.17) is 14.2 Å². The fourth-order valence-electron chi connectivity index (χ4n) is 13.2. The number of ether oxygens (including phenoxy) is 3. The first-order valence-corrected chi connectivity index (χ1v) is 37.8. The normalized spacial score (nSPS) is 11.5. The van der Waals surface area contributed by atoms with Crippen molar-refractivity contribution in [2.45, 2.75) is 121 Å². The molecule has 0 saturated carbocycles. The van der Waals surface area contributed by atoms with Gasteiger partial charge in [-0.3, -0.25) is 28.8 Å². The Balaban J connectivity index is 0.901. The lowest BCUT2D eigenvalue weighted by Gasteiger charge is -2.22. The summed E-state index contributed by atoms with van der Waals surface area (Å²) in [6.45, 7) is 13.1. The maximum Gasteiger partial charge on any atom is 0.336 e. The number of benzene rings is 9. The van der Waals surface area contributed by atoms with Crippen LogP contribution >= 0.6 is 22.2 Å². The van der Waals surface area contributed by atoms with Gasteiger partial charge in [0, 0.05) is 65.5 Å². The summed E-state index contributed by atoms with van der Waals surface area (Å²) in [5.74, 6) is -2.59. The number of nitrogens with zero attached hydrogens (tertiary/aromatic N) is 3. The lowest BCUT2D eigenvalue weighted by atomic mass is 9.94. The number of hydrogen-bond acceptors (Lipinski definition) is 14. The molecular formula is C81H78N3O14P3. The Kier molecular flexibility index (Phi) is 23.2. The first-order valence-electron chi connectivity index (χ1n) is 33.1. The van der Waals surface area contributed by atoms with Gasteiger partial charge in [0.2, 0.25) is 25.3 Å². The van der Waals surface area contributed by atoms with Crippen molar-refractivity contribution in [3.63, 3.8) is 0 Å². The molecule has 0 aliphatic carbocycles. The predicted molar refractivity (Wildman–Crippen MR) is 396 cm³/mol. The zero-order valence-electron chi connectivity index (χ0n) is 57.8. The summed E-state index contributed by atoms with van der Waals surface area (Å²) in [6.07, 6.45) is -1.73. The van der Waals surface area contributed by atoms with Gasteiger partial charge >= 0.3 is 35.0 Å². The minimum Gasteiger partial charge on any atom is -0.461 e. The van der Waals surface area contributed by atoms with Crippen molar-refractivity contribution in [3.05, 3.63) is 315 Å². The fraction of sp³-hybridized carbons (Fsp3) is 0.222. The highest BCUT2D eigenvalue weighted by atomic mass is 31.2. The molecular weight excluding hydrogens is 1330 g/mol. The van der Waals surface area contributed by atoms with E-state index in [0.717, 1.165) is 21.7 Å². The van der Waals surface area contributed by atoms with Crippen molar-refractivity contribution >= 4 is 88.5 Å². The molecule has 0 atom stereocenters. The van der Waals surface area contributed by atoms with Crippen molar-refractivity contribution in [1.82, 2.24) is 13.7 Å². The molecule has 0 aliphatic heterocycles. The first-order chi connectivity index (χ1) is 48.4. The van der Waals surface area contributed by atoms with Crippen LogP contribution in [0.15, 0.2) is 215 Å². The minimum atomic E-state index is -3.96. The quantitative estimate of drug-likeness (QED) is 0.0265. The molecule has 10 rings (SSSR count). The third-order valence-electron chi connectivity index (χ3n) is 18.5. The van der Waals surface area contributed by atoms with Crippen molar-refractivity contribution < 1.29 is 52.1 Å². The van der Waals surface area contributed by atoms with E-state index in [-0.39, 0.29) is 36.5 Å². The van der Waals surface area contributed by atoms with Crippen LogP contribution in [0.1, 0.15) is 117 Å². The summed E-state index contributed by atoms with van der Waals surface area (Å²) in [6, 6.07) is 58.5. The highest BCUT2D eigenvalue weighted by molar-refractivity contribution is 7.94. The van der Waals surface area contributed by atoms with E-state index < -0.39 is 107 Å². The van der Waals surface area contributed by atoms with Crippen LogP contribution in [-0.4, -0.2) is 48.2 Å². The summed E-state index contributed by atoms with van der Waals surface area (Å²) >= 11 is 0. The SMILES string of the molecule is Cc1cc(C)c(C(=O)P(c2ccccc2)c2ccccc2)c(C)c1COC(=O)CCn1c(=O)n(CCC(=O)OCc2c(C)cc(C)c(C(=O)P(=O)(c3ccccc3)c3ccccc3)c2C)c(=O)n(CCC(=O)OCc2c(C)cc(C)c(C(=O)P(=O)(c3ccccc3)c3ccccc3)c2C)c1=O. The second kappa shape index (κ2) is 31.9. The standard InChI is InChI=1S/C81H78N3O14P3/c1-52-46-55(4)73(76(88)99(61-28-16-10-17-29-61)62-30-18-11-19-31-62)58(7)67(52)49-96-70(85)40-43-82-79(91)83(44-41-71(86)97-50-68-53(2)47-56(5)74(59(68)8)77(89)100(94,63-32-20-12-21-33-63)64-34-22-13-23-35-64)81(93)84(80(82)92)45-42-72(87)98-51-69-54(3)48-57(6)75(60(69)9)78(90)101(95,65-36-24-14-25-37-65)66-38-26-15-27-39-66/h10-39,46-48H,40-45,49-51H2,1-9H3. The van der Waals surface area contributed by atoms with Crippen LogP contribution in [0.25, 0.3) is 0 Å². The number of aryl methyl sites for hydroxylation is 6. The van der Waals surface area contributed by atoms with E-state index in [1.54, 1.807) is 175 Å². The molecule has 516 valence electrons. The molecule has 17 nitrogen and oxygen atoms in total. The molecule has 0 unspecified atom stereocenters. The molecule has 0 N–H and O–H groups in total. The maximum atomic E-state index is 15.3. The molecule has 9 aromatic carbocycles. The van der Waals surface area contributed by atoms with Gasteiger partial charge in [0.25, 0.3) is 0 Å². The number of esters is 3. The smallest absolute Gasteiger partial charge is 0.336 e. The Morgan fingerprint density at radius 3 is 0.842 bits per heavy atom. The van der Waals surface area contributed by atoms with Crippen LogP contribution in [-0.2, 0) is 77.2 Å². The van der Waals surface area contributed by atoms with Crippen LogP contribution in [0.4, 0.5) is 0 Å². The molecule has 0 spiro atoms. The highest BCUT2D eigenvalue weighted by Gasteiger charge is 2.40. The molecule has 10 aromatic rings. The van der Waals surface area contributed by atoms with Gasteiger partial charge in [0.1, 0.15) is 19.8 Å². The van der Waals surface area contributed by atoms with Crippen molar-refractivity contribution in [1.29, 1.82) is 0 Å². The molecule has 0 bridgehead atoms. The van der Waals surface area contributed by atoms with Crippen LogP contribution < -0.4 is 48.9 Å². The number of carbonyl (C=O) groups excluding carboxylic acids is 6. The third-order valence-corrected chi connectivity index (χ3v) is 26.4. The van der Waals surface area contributed by atoms with Crippen LogP contribution in [0.5, 0.6) is 0 Å². The Morgan fingerprint density at radius 2 is 0.574 bits per heavy atom. The Bertz CT molecular complexity index is 4780. The number of hydrogen-bond donors (Lipinski definition) is 0. The summed E-state index contributed by atoms with van der Waals surface area (Å²) < 4.78 is 49.9. The van der Waals surface area contributed by atoms with Gasteiger partial charge in [-0.1, -0.05) is 200 Å². The van der Waals surface area contributed by atoms with Crippen LogP contribution in [0.2, 0.25) is 0 Å². The van der Waals surface area contributed by atoms with E-state index in [2.05, 4.69) is 0 Å². The molecule has 1 aromatic heterocycles. The van der Waals surface area contributed by atoms with E-state index in [1.807, 2.05) is 87.5 Å². The number of rotatable bonds is 27. The van der Waals surface area contributed by atoms with E-state index in [9.17, 15) is 43.2 Å². The first kappa shape index (κ1) is 73.4. The van der Waals surface area contributed by atoms with Crippen LogP contribution in [0.3, 0.4) is 0 Å². The van der Waals surface area contributed by atoms with E-state index in [0.29, 0.717) is 96.1 Å². The third kappa shape index (κ3) is 15.4. The van der Waals surface area contributed by atoms with Gasteiger partial charge in [0.15, 0.2) is 5.52 Å². The second-order valence-electron chi connectivity index (χ2n) is 25.0. The topological polar surface area (TPSA) is 230 Å². The molecule has 0 fully saturated rings. The Hall–Kier alpha value is -10.3. The van der Waals surface area contributed by atoms with Gasteiger partial charge in [-0.2, -0.15) is 0 Å². The van der Waals surface area contributed by atoms with Crippen molar-refractivity contribution in [2.75, 3.05) is 0 Å². The summed E-state index contributed by atoms with van der Waals surface area (Å²) in [4.78, 5) is 130. The predicted octanol–water partition coefficient (Wildman–Crippen LogP) is 11.9. The second-order valence-corrected chi connectivity index (χ2v) is 32.4. The Morgan fingerprint density at radius 1 is 0.337 bits per heavy atom. The molecule has 0 radical (unpaired) electrons. The van der Waals surface area contributed by atoms with Crippen molar-refractivity contribution in [3.8, 4) is 0 Å². The molecule has 0 aliphatic rings. The minimum absolute atomic E-state index is 0.0847. The average molecular weight is 1410 g/mol. The van der Waals surface area contributed by atoms with Gasteiger partial charge in [-0.15, -0.1) is 0 Å². The summed E-state index contributed by atoms with van der Waals surface area (Å²) in [5.41, 5.74) is 3.08. The Labute approximate surface area is 587 Å². The molecule has 0 saturated heterocycles. The number of aromatic nitrogens is 3. The zero-order valence-corrected chi connectivity index (χ0v) is 60.5.